The molecule has 1 aromatic carbocycles. The van der Waals surface area contributed by atoms with Crippen LogP contribution in [0, 0.1) is 27.8 Å². The van der Waals surface area contributed by atoms with Crippen molar-refractivity contribution in [3.8, 4) is 0 Å². The minimum atomic E-state index is -0.747. The highest BCUT2D eigenvalue weighted by Crippen LogP contribution is 2.32. The van der Waals surface area contributed by atoms with Gasteiger partial charge in [0.05, 0.1) is 16.5 Å². The van der Waals surface area contributed by atoms with E-state index in [9.17, 15) is 24.1 Å². The van der Waals surface area contributed by atoms with Gasteiger partial charge in [-0.05, 0) is 24.8 Å². The Labute approximate surface area is 131 Å². The van der Waals surface area contributed by atoms with Crippen molar-refractivity contribution in [3.05, 3.63) is 34.1 Å². The molecule has 0 aromatic heterocycles. The van der Waals surface area contributed by atoms with Gasteiger partial charge in [0.15, 0.2) is 0 Å². The molecule has 122 valence electrons. The van der Waals surface area contributed by atoms with Crippen LogP contribution in [-0.4, -0.2) is 34.7 Å². The van der Waals surface area contributed by atoms with E-state index < -0.39 is 22.6 Å². The molecule has 1 aliphatic carbocycles. The summed E-state index contributed by atoms with van der Waals surface area (Å²) < 4.78 is 13.7. The van der Waals surface area contributed by atoms with E-state index in [1.807, 2.05) is 0 Å². The first kappa shape index (κ1) is 15.4. The molecule has 1 saturated carbocycles. The van der Waals surface area contributed by atoms with Crippen LogP contribution in [-0.2, 0) is 9.59 Å². The maximum Gasteiger partial charge on any atom is 0.271 e. The van der Waals surface area contributed by atoms with Gasteiger partial charge in [-0.15, -0.1) is 0 Å². The van der Waals surface area contributed by atoms with Gasteiger partial charge in [0.2, 0.25) is 11.8 Å². The van der Waals surface area contributed by atoms with Crippen molar-refractivity contribution >= 4 is 23.2 Å². The number of benzene rings is 1. The summed E-state index contributed by atoms with van der Waals surface area (Å²) in [5, 5.41) is 13.1. The molecule has 23 heavy (non-hydrogen) atoms. The molecule has 0 unspecified atom stereocenters. The van der Waals surface area contributed by atoms with Crippen LogP contribution in [0.3, 0.4) is 0 Å². The Hall–Kier alpha value is -2.51. The van der Waals surface area contributed by atoms with E-state index >= 15 is 0 Å². The third kappa shape index (κ3) is 3.46. The number of nitro groups is 1. The van der Waals surface area contributed by atoms with Crippen LogP contribution in [0.15, 0.2) is 18.2 Å². The highest BCUT2D eigenvalue weighted by atomic mass is 19.1. The standard InChI is InChI=1S/C15H16FN3O4/c16-12-4-3-11(19(22)23)6-13(12)17-15(21)10-5-14(20)18(8-10)7-9-1-2-9/h3-4,6,9-10H,1-2,5,7-8H2,(H,17,21)/t10-/m0/s1. The number of hydrogen-bond donors (Lipinski definition) is 1. The lowest BCUT2D eigenvalue weighted by Gasteiger charge is -2.16. The summed E-state index contributed by atoms with van der Waals surface area (Å²) in [6, 6.07) is 2.94. The molecule has 8 heteroatoms. The minimum absolute atomic E-state index is 0.0726. The largest absolute Gasteiger partial charge is 0.342 e. The number of amides is 2. The van der Waals surface area contributed by atoms with Crippen molar-refractivity contribution in [2.45, 2.75) is 19.3 Å². The molecule has 1 saturated heterocycles. The zero-order valence-corrected chi connectivity index (χ0v) is 12.3. The smallest absolute Gasteiger partial charge is 0.271 e. The monoisotopic (exact) mass is 321 g/mol. The van der Waals surface area contributed by atoms with Crippen LogP contribution in [0.5, 0.6) is 0 Å². The van der Waals surface area contributed by atoms with Crippen molar-refractivity contribution in [1.29, 1.82) is 0 Å². The molecule has 2 aliphatic rings. The maximum atomic E-state index is 13.7. The van der Waals surface area contributed by atoms with Crippen LogP contribution in [0.1, 0.15) is 19.3 Å². The van der Waals surface area contributed by atoms with E-state index in [0.29, 0.717) is 19.0 Å². The topological polar surface area (TPSA) is 92.5 Å². The first-order valence-electron chi connectivity index (χ1n) is 7.46. The maximum absolute atomic E-state index is 13.7. The van der Waals surface area contributed by atoms with E-state index in [1.165, 1.54) is 0 Å². The predicted octanol–water partition coefficient (Wildman–Crippen LogP) is 1.93. The first-order valence-corrected chi connectivity index (χ1v) is 7.46. The number of nitrogens with one attached hydrogen (secondary N) is 1. The number of hydrogen-bond acceptors (Lipinski definition) is 4. The number of nitro benzene ring substituents is 1. The number of likely N-dealkylation sites (tertiary alicyclic amines) is 1. The number of nitrogens with zero attached hydrogens (tertiary/aromatic N) is 2. The van der Waals surface area contributed by atoms with Crippen molar-refractivity contribution < 1.29 is 18.9 Å². The molecule has 2 amide bonds. The average molecular weight is 321 g/mol. The molecule has 7 nitrogen and oxygen atoms in total. The second-order valence-electron chi connectivity index (χ2n) is 6.05. The lowest BCUT2D eigenvalue weighted by molar-refractivity contribution is -0.384. The van der Waals surface area contributed by atoms with Crippen LogP contribution in [0.4, 0.5) is 15.8 Å². The zero-order valence-electron chi connectivity index (χ0n) is 12.3. The minimum Gasteiger partial charge on any atom is -0.342 e. The Morgan fingerprint density at radius 3 is 2.83 bits per heavy atom. The van der Waals surface area contributed by atoms with Gasteiger partial charge in [-0.1, -0.05) is 0 Å². The molecule has 1 N–H and O–H groups in total. The van der Waals surface area contributed by atoms with Gasteiger partial charge in [-0.25, -0.2) is 4.39 Å². The summed E-state index contributed by atoms with van der Waals surface area (Å²) in [5.74, 6) is -1.33. The van der Waals surface area contributed by atoms with E-state index in [-0.39, 0.29) is 23.7 Å². The molecule has 3 rings (SSSR count). The summed E-state index contributed by atoms with van der Waals surface area (Å²) in [6.45, 7) is 0.992. The summed E-state index contributed by atoms with van der Waals surface area (Å²) in [4.78, 5) is 35.8. The number of anilines is 1. The van der Waals surface area contributed by atoms with Crippen LogP contribution < -0.4 is 5.32 Å². The van der Waals surface area contributed by atoms with Crippen LogP contribution >= 0.6 is 0 Å². The molecular weight excluding hydrogens is 305 g/mol. The highest BCUT2D eigenvalue weighted by Gasteiger charge is 2.37. The second kappa shape index (κ2) is 5.94. The molecule has 1 heterocycles. The van der Waals surface area contributed by atoms with Gasteiger partial charge in [0, 0.05) is 31.6 Å². The van der Waals surface area contributed by atoms with Gasteiger partial charge in [0.25, 0.3) is 5.69 Å². The van der Waals surface area contributed by atoms with Gasteiger partial charge in [-0.2, -0.15) is 0 Å². The lowest BCUT2D eigenvalue weighted by atomic mass is 10.1. The molecule has 1 aliphatic heterocycles. The van der Waals surface area contributed by atoms with Crippen LogP contribution in [0.25, 0.3) is 0 Å². The molecule has 0 radical (unpaired) electrons. The quantitative estimate of drug-likeness (QED) is 0.662. The summed E-state index contributed by atoms with van der Waals surface area (Å²) >= 11 is 0. The SMILES string of the molecule is O=C(Nc1cc([N+](=O)[O-])ccc1F)[C@H]1CC(=O)N(CC2CC2)C1. The first-order chi connectivity index (χ1) is 10.9. The molecule has 0 spiro atoms. The van der Waals surface area contributed by atoms with Gasteiger partial charge in [-0.3, -0.25) is 19.7 Å². The second-order valence-corrected chi connectivity index (χ2v) is 6.05. The Bertz CT molecular complexity index is 675. The van der Waals surface area contributed by atoms with Crippen molar-refractivity contribution in [3.63, 3.8) is 0 Å². The number of carbonyl (C=O) groups excluding carboxylic acids is 2. The average Bonchev–Trinajstić information content (AvgIpc) is 3.24. The van der Waals surface area contributed by atoms with E-state index in [0.717, 1.165) is 31.0 Å². The summed E-state index contributed by atoms with van der Waals surface area (Å²) in [5.41, 5.74) is -0.545. The molecule has 1 aromatic rings. The summed E-state index contributed by atoms with van der Waals surface area (Å²) in [7, 11) is 0. The number of carbonyl (C=O) groups is 2. The van der Waals surface area contributed by atoms with Crippen molar-refractivity contribution in [2.75, 3.05) is 18.4 Å². The Morgan fingerprint density at radius 2 is 2.17 bits per heavy atom. The molecule has 1 atom stereocenters. The van der Waals surface area contributed by atoms with Crippen LogP contribution in [0.2, 0.25) is 0 Å². The van der Waals surface area contributed by atoms with Crippen molar-refractivity contribution in [1.82, 2.24) is 4.90 Å². The van der Waals surface area contributed by atoms with Gasteiger partial charge in [0.1, 0.15) is 5.82 Å². The Kier molecular flexibility index (Phi) is 3.97. The molecule has 2 fully saturated rings. The fourth-order valence-electron chi connectivity index (χ4n) is 2.69. The lowest BCUT2D eigenvalue weighted by Crippen LogP contribution is -2.30. The Morgan fingerprint density at radius 1 is 1.43 bits per heavy atom. The highest BCUT2D eigenvalue weighted by molar-refractivity contribution is 5.97. The third-order valence-electron chi connectivity index (χ3n) is 4.18. The molecular formula is C15H16FN3O4. The van der Waals surface area contributed by atoms with E-state index in [2.05, 4.69) is 5.32 Å². The fourth-order valence-corrected chi connectivity index (χ4v) is 2.69. The van der Waals surface area contributed by atoms with Gasteiger partial charge < -0.3 is 10.2 Å². The van der Waals surface area contributed by atoms with Crippen molar-refractivity contribution in [2.24, 2.45) is 11.8 Å². The zero-order chi connectivity index (χ0) is 16.6. The third-order valence-corrected chi connectivity index (χ3v) is 4.18. The van der Waals surface area contributed by atoms with Gasteiger partial charge >= 0.3 is 0 Å². The Balaban J connectivity index is 1.66. The fraction of sp³-hybridized carbons (Fsp3) is 0.467. The summed E-state index contributed by atoms with van der Waals surface area (Å²) in [6.07, 6.45) is 2.31. The number of halogens is 1. The number of non-ortho nitro benzene ring substituents is 1. The number of rotatable bonds is 5. The molecule has 0 bridgehead atoms. The predicted molar refractivity (Wildman–Crippen MR) is 79.1 cm³/mol. The normalized spacial score (nSPS) is 20.7. The van der Waals surface area contributed by atoms with E-state index in [4.69, 9.17) is 0 Å². The van der Waals surface area contributed by atoms with E-state index in [1.54, 1.807) is 4.90 Å².